The van der Waals surface area contributed by atoms with E-state index < -0.39 is 12.5 Å². The molecule has 0 radical (unpaired) electrons. The van der Waals surface area contributed by atoms with Gasteiger partial charge in [-0.3, -0.25) is 4.99 Å². The normalized spacial score (nSPS) is 13.4. The van der Waals surface area contributed by atoms with Gasteiger partial charge in [-0.15, -0.1) is 13.2 Å². The number of nitrogens with one attached hydrogen (secondary N) is 1. The number of aryl methyl sites for hydroxylation is 2. The number of alkyl halides is 3. The third-order valence-corrected chi connectivity index (χ3v) is 3.43. The quantitative estimate of drug-likeness (QED) is 0.557. The molecule has 0 aromatic heterocycles. The standard InChI is InChI=1S/C18H20F3N3O2/c1-11-7-12(2)9-14(8-11)24-17(22)23-10-16(25)13-3-5-15(6-4-13)26-18(19,20)21/h3-9,16,25H,10H2,1-2H3,(H3,22,23,24). The van der Waals surface area contributed by atoms with Gasteiger partial charge in [-0.1, -0.05) is 18.2 Å². The molecule has 0 amide bonds. The van der Waals surface area contributed by atoms with Crippen molar-refractivity contribution in [1.82, 2.24) is 0 Å². The van der Waals surface area contributed by atoms with Crippen molar-refractivity contribution in [2.75, 3.05) is 11.9 Å². The molecule has 2 aromatic rings. The first-order chi connectivity index (χ1) is 12.1. The predicted octanol–water partition coefficient (Wildman–Crippen LogP) is 3.66. The Labute approximate surface area is 149 Å². The van der Waals surface area contributed by atoms with Gasteiger partial charge in [0.15, 0.2) is 5.96 Å². The zero-order valence-electron chi connectivity index (χ0n) is 14.3. The second-order valence-electron chi connectivity index (χ2n) is 5.86. The van der Waals surface area contributed by atoms with E-state index in [-0.39, 0.29) is 18.3 Å². The molecule has 0 bridgehead atoms. The van der Waals surface area contributed by atoms with Gasteiger partial charge in [0.25, 0.3) is 0 Å². The topological polar surface area (TPSA) is 79.9 Å². The summed E-state index contributed by atoms with van der Waals surface area (Å²) in [4.78, 5) is 4.06. The largest absolute Gasteiger partial charge is 0.573 e. The number of halogens is 3. The number of guanidine groups is 1. The maximum Gasteiger partial charge on any atom is 0.573 e. The highest BCUT2D eigenvalue weighted by molar-refractivity contribution is 5.92. The van der Waals surface area contributed by atoms with E-state index in [4.69, 9.17) is 5.73 Å². The minimum atomic E-state index is -4.75. The summed E-state index contributed by atoms with van der Waals surface area (Å²) >= 11 is 0. The summed E-state index contributed by atoms with van der Waals surface area (Å²) in [5, 5.41) is 13.0. The number of rotatable bonds is 5. The molecule has 5 nitrogen and oxygen atoms in total. The van der Waals surface area contributed by atoms with E-state index in [1.165, 1.54) is 12.1 Å². The van der Waals surface area contributed by atoms with Crippen LogP contribution in [-0.2, 0) is 0 Å². The van der Waals surface area contributed by atoms with Crippen molar-refractivity contribution in [3.05, 3.63) is 59.2 Å². The summed E-state index contributed by atoms with van der Waals surface area (Å²) in [6, 6.07) is 10.8. The average molecular weight is 367 g/mol. The van der Waals surface area contributed by atoms with Gasteiger partial charge in [0, 0.05) is 5.69 Å². The Morgan fingerprint density at radius 3 is 2.27 bits per heavy atom. The average Bonchev–Trinajstić information content (AvgIpc) is 2.50. The highest BCUT2D eigenvalue weighted by Crippen LogP contribution is 2.24. The SMILES string of the molecule is Cc1cc(C)cc(NC(N)=NCC(O)c2ccc(OC(F)(F)F)cc2)c1. The lowest BCUT2D eigenvalue weighted by molar-refractivity contribution is -0.274. The smallest absolute Gasteiger partial charge is 0.406 e. The molecule has 4 N–H and O–H groups in total. The number of nitrogens with two attached hydrogens (primary N) is 1. The van der Waals surface area contributed by atoms with Gasteiger partial charge in [0.1, 0.15) is 5.75 Å². The zero-order chi connectivity index (χ0) is 19.3. The molecule has 0 spiro atoms. The van der Waals surface area contributed by atoms with E-state index in [1.807, 2.05) is 32.0 Å². The van der Waals surface area contributed by atoms with Crippen molar-refractivity contribution in [2.24, 2.45) is 10.7 Å². The van der Waals surface area contributed by atoms with Gasteiger partial charge < -0.3 is 20.9 Å². The first kappa shape index (κ1) is 19.6. The van der Waals surface area contributed by atoms with E-state index in [0.29, 0.717) is 5.56 Å². The van der Waals surface area contributed by atoms with Crippen LogP contribution in [0.2, 0.25) is 0 Å². The molecule has 1 unspecified atom stereocenters. The maximum atomic E-state index is 12.1. The Kier molecular flexibility index (Phi) is 6.10. The lowest BCUT2D eigenvalue weighted by Gasteiger charge is -2.12. The number of benzene rings is 2. The van der Waals surface area contributed by atoms with Crippen LogP contribution in [0.25, 0.3) is 0 Å². The molecule has 0 aliphatic heterocycles. The van der Waals surface area contributed by atoms with E-state index in [9.17, 15) is 18.3 Å². The fraction of sp³-hybridized carbons (Fsp3) is 0.278. The van der Waals surface area contributed by atoms with Crippen molar-refractivity contribution in [2.45, 2.75) is 26.3 Å². The van der Waals surface area contributed by atoms with Gasteiger partial charge in [-0.2, -0.15) is 0 Å². The molecular weight excluding hydrogens is 347 g/mol. The molecule has 0 fully saturated rings. The Balaban J connectivity index is 1.96. The molecular formula is C18H20F3N3O2. The van der Waals surface area contributed by atoms with Crippen molar-refractivity contribution < 1.29 is 23.0 Å². The summed E-state index contributed by atoms with van der Waals surface area (Å²) in [5.41, 5.74) is 9.14. The van der Waals surface area contributed by atoms with Crippen LogP contribution < -0.4 is 15.8 Å². The summed E-state index contributed by atoms with van der Waals surface area (Å²) < 4.78 is 40.2. The van der Waals surface area contributed by atoms with Crippen LogP contribution in [0.4, 0.5) is 18.9 Å². The maximum absolute atomic E-state index is 12.1. The van der Waals surface area contributed by atoms with E-state index >= 15 is 0 Å². The van der Waals surface area contributed by atoms with Crippen molar-refractivity contribution >= 4 is 11.6 Å². The number of aliphatic imine (C=N–C) groups is 1. The van der Waals surface area contributed by atoms with Gasteiger partial charge in [0.2, 0.25) is 0 Å². The van der Waals surface area contributed by atoms with E-state index in [0.717, 1.165) is 28.9 Å². The van der Waals surface area contributed by atoms with Gasteiger partial charge in [-0.25, -0.2) is 0 Å². The number of aliphatic hydroxyl groups is 1. The fourth-order valence-electron chi connectivity index (χ4n) is 2.42. The molecule has 26 heavy (non-hydrogen) atoms. The summed E-state index contributed by atoms with van der Waals surface area (Å²) in [5.74, 6) is -0.223. The molecule has 0 aliphatic rings. The summed E-state index contributed by atoms with van der Waals surface area (Å²) in [7, 11) is 0. The third-order valence-electron chi connectivity index (χ3n) is 3.43. The fourth-order valence-corrected chi connectivity index (χ4v) is 2.42. The highest BCUT2D eigenvalue weighted by Gasteiger charge is 2.31. The molecule has 2 aromatic carbocycles. The van der Waals surface area contributed by atoms with E-state index in [1.54, 1.807) is 0 Å². The van der Waals surface area contributed by atoms with Crippen LogP contribution >= 0.6 is 0 Å². The second kappa shape index (κ2) is 8.09. The molecule has 0 aliphatic carbocycles. The summed E-state index contributed by atoms with van der Waals surface area (Å²) in [6.07, 6.45) is -5.76. The molecule has 140 valence electrons. The number of aliphatic hydroxyl groups excluding tert-OH is 1. The molecule has 2 rings (SSSR count). The third kappa shape index (κ3) is 6.29. The second-order valence-corrected chi connectivity index (χ2v) is 5.86. The number of ether oxygens (including phenoxy) is 1. The first-order valence-electron chi connectivity index (χ1n) is 7.81. The Bertz CT molecular complexity index is 754. The van der Waals surface area contributed by atoms with Crippen LogP contribution in [0.15, 0.2) is 47.5 Å². The van der Waals surface area contributed by atoms with Crippen molar-refractivity contribution in [3.8, 4) is 5.75 Å². The molecule has 0 saturated carbocycles. The molecule has 0 saturated heterocycles. The van der Waals surface area contributed by atoms with Crippen molar-refractivity contribution in [3.63, 3.8) is 0 Å². The lowest BCUT2D eigenvalue weighted by Crippen LogP contribution is -2.23. The predicted molar refractivity (Wildman–Crippen MR) is 94.1 cm³/mol. The van der Waals surface area contributed by atoms with Gasteiger partial charge in [-0.05, 0) is 54.8 Å². The van der Waals surface area contributed by atoms with E-state index in [2.05, 4.69) is 15.0 Å². The molecule has 8 heteroatoms. The van der Waals surface area contributed by atoms with Crippen molar-refractivity contribution in [1.29, 1.82) is 0 Å². The van der Waals surface area contributed by atoms with Crippen LogP contribution in [0.5, 0.6) is 5.75 Å². The zero-order valence-corrected chi connectivity index (χ0v) is 14.3. The number of anilines is 1. The number of hydrogen-bond donors (Lipinski definition) is 3. The van der Waals surface area contributed by atoms with Gasteiger partial charge >= 0.3 is 6.36 Å². The van der Waals surface area contributed by atoms with Crippen LogP contribution in [0, 0.1) is 13.8 Å². The Hall–Kier alpha value is -2.74. The molecule has 0 heterocycles. The Morgan fingerprint density at radius 1 is 1.15 bits per heavy atom. The number of nitrogens with zero attached hydrogens (tertiary/aromatic N) is 1. The lowest BCUT2D eigenvalue weighted by atomic mass is 10.1. The summed E-state index contributed by atoms with van der Waals surface area (Å²) in [6.45, 7) is 3.88. The monoisotopic (exact) mass is 367 g/mol. The minimum absolute atomic E-state index is 0.0386. The molecule has 1 atom stereocenters. The van der Waals surface area contributed by atoms with Crippen LogP contribution in [-0.4, -0.2) is 24.0 Å². The van der Waals surface area contributed by atoms with Crippen LogP contribution in [0.1, 0.15) is 22.8 Å². The minimum Gasteiger partial charge on any atom is -0.406 e. The highest BCUT2D eigenvalue weighted by atomic mass is 19.4. The number of hydrogen-bond acceptors (Lipinski definition) is 3. The van der Waals surface area contributed by atoms with Gasteiger partial charge in [0.05, 0.1) is 12.6 Å². The van der Waals surface area contributed by atoms with Crippen LogP contribution in [0.3, 0.4) is 0 Å². The first-order valence-corrected chi connectivity index (χ1v) is 7.81. The Morgan fingerprint density at radius 2 is 1.73 bits per heavy atom.